The SMILES string of the molecule is CC(C)[C@@H]1CC[C@@H](C)C[C@H]1O[C@H]1C[C@@H](OCc2ccccc2)[C@H](OCc2ccccc2)[C@@H](COCc2ccccc2)O1. The van der Waals surface area contributed by atoms with E-state index < -0.39 is 0 Å². The van der Waals surface area contributed by atoms with Crippen molar-refractivity contribution in [2.75, 3.05) is 6.61 Å². The molecule has 7 atom stereocenters. The Morgan fingerprint density at radius 1 is 0.690 bits per heavy atom. The Kier molecular flexibility index (Phi) is 11.6. The van der Waals surface area contributed by atoms with Crippen LogP contribution < -0.4 is 0 Å². The van der Waals surface area contributed by atoms with Gasteiger partial charge in [-0.3, -0.25) is 0 Å². The van der Waals surface area contributed by atoms with Gasteiger partial charge in [-0.25, -0.2) is 0 Å². The molecule has 226 valence electrons. The molecule has 5 heteroatoms. The Balaban J connectivity index is 1.34. The normalized spacial score (nSPS) is 28.1. The topological polar surface area (TPSA) is 46.2 Å². The minimum absolute atomic E-state index is 0.182. The van der Waals surface area contributed by atoms with Crippen LogP contribution in [-0.2, 0) is 43.5 Å². The zero-order valence-electron chi connectivity index (χ0n) is 25.5. The maximum absolute atomic E-state index is 6.85. The zero-order chi connectivity index (χ0) is 29.1. The van der Waals surface area contributed by atoms with Gasteiger partial charge >= 0.3 is 0 Å². The summed E-state index contributed by atoms with van der Waals surface area (Å²) in [6.07, 6.45) is 3.16. The van der Waals surface area contributed by atoms with Gasteiger partial charge in [0.2, 0.25) is 0 Å². The molecule has 3 aromatic rings. The third-order valence-corrected chi connectivity index (χ3v) is 8.76. The van der Waals surface area contributed by atoms with Crippen molar-refractivity contribution in [3.63, 3.8) is 0 Å². The van der Waals surface area contributed by atoms with Crippen LogP contribution in [0.3, 0.4) is 0 Å². The first-order valence-electron chi connectivity index (χ1n) is 15.8. The molecule has 5 nitrogen and oxygen atoms in total. The number of rotatable bonds is 13. The zero-order valence-corrected chi connectivity index (χ0v) is 25.5. The van der Waals surface area contributed by atoms with Crippen LogP contribution in [-0.4, -0.2) is 37.3 Å². The summed E-state index contributed by atoms with van der Waals surface area (Å²) in [5.74, 6) is 1.77. The van der Waals surface area contributed by atoms with E-state index in [9.17, 15) is 0 Å². The smallest absolute Gasteiger partial charge is 0.161 e. The first-order valence-corrected chi connectivity index (χ1v) is 15.8. The molecule has 3 aromatic carbocycles. The molecule has 1 saturated heterocycles. The molecule has 5 rings (SSSR count). The molecule has 1 aliphatic carbocycles. The average Bonchev–Trinajstić information content (AvgIpc) is 3.01. The monoisotopic (exact) mass is 572 g/mol. The Morgan fingerprint density at radius 3 is 1.86 bits per heavy atom. The molecule has 0 bridgehead atoms. The second-order valence-electron chi connectivity index (χ2n) is 12.4. The van der Waals surface area contributed by atoms with E-state index in [-0.39, 0.29) is 30.7 Å². The quantitative estimate of drug-likeness (QED) is 0.208. The molecule has 1 heterocycles. The van der Waals surface area contributed by atoms with Crippen molar-refractivity contribution < 1.29 is 23.7 Å². The Labute approximate surface area is 252 Å². The average molecular weight is 573 g/mol. The standard InChI is InChI=1S/C37H48O5/c1-27(2)32-20-19-28(3)21-33(32)41-36-22-34(39-24-30-15-9-5-10-16-30)37(40-25-31-17-11-6-12-18-31)35(42-36)26-38-23-29-13-7-4-8-14-29/h4-18,27-28,32-37H,19-26H2,1-3H3/t28-,32+,33-,34-,35-,36-,37+/m1/s1. The molecule has 0 aromatic heterocycles. The number of benzene rings is 3. The summed E-state index contributed by atoms with van der Waals surface area (Å²) >= 11 is 0. The predicted octanol–water partition coefficient (Wildman–Crippen LogP) is 7.97. The third-order valence-electron chi connectivity index (χ3n) is 8.76. The Bertz CT molecular complexity index is 1150. The highest BCUT2D eigenvalue weighted by atomic mass is 16.7. The van der Waals surface area contributed by atoms with Gasteiger partial charge in [-0.05, 0) is 47.3 Å². The summed E-state index contributed by atoms with van der Waals surface area (Å²) in [7, 11) is 0. The summed E-state index contributed by atoms with van der Waals surface area (Å²) in [5, 5.41) is 0. The van der Waals surface area contributed by atoms with Crippen LogP contribution >= 0.6 is 0 Å². The fourth-order valence-corrected chi connectivity index (χ4v) is 6.37. The molecule has 42 heavy (non-hydrogen) atoms. The van der Waals surface area contributed by atoms with Crippen LogP contribution in [0.15, 0.2) is 91.0 Å². The second-order valence-corrected chi connectivity index (χ2v) is 12.4. The van der Waals surface area contributed by atoms with E-state index in [2.05, 4.69) is 69.3 Å². The van der Waals surface area contributed by atoms with E-state index >= 15 is 0 Å². The van der Waals surface area contributed by atoms with Gasteiger partial charge < -0.3 is 23.7 Å². The predicted molar refractivity (Wildman–Crippen MR) is 166 cm³/mol. The molecule has 0 spiro atoms. The van der Waals surface area contributed by atoms with E-state index in [0.717, 1.165) is 23.1 Å². The van der Waals surface area contributed by atoms with Gasteiger partial charge in [-0.15, -0.1) is 0 Å². The highest BCUT2D eigenvalue weighted by Gasteiger charge is 2.43. The van der Waals surface area contributed by atoms with E-state index in [0.29, 0.717) is 50.6 Å². The van der Waals surface area contributed by atoms with Crippen LogP contribution in [0.1, 0.15) is 63.1 Å². The molecule has 0 amide bonds. The second kappa shape index (κ2) is 15.8. The van der Waals surface area contributed by atoms with Crippen LogP contribution in [0, 0.1) is 17.8 Å². The van der Waals surface area contributed by atoms with Crippen molar-refractivity contribution >= 4 is 0 Å². The number of hydrogen-bond donors (Lipinski definition) is 0. The van der Waals surface area contributed by atoms with Crippen LogP contribution in [0.5, 0.6) is 0 Å². The third kappa shape index (κ3) is 8.98. The molecule has 0 unspecified atom stereocenters. The molecule has 0 radical (unpaired) electrons. The minimum atomic E-state index is -0.371. The van der Waals surface area contributed by atoms with Crippen molar-refractivity contribution in [3.05, 3.63) is 108 Å². The molecule has 0 N–H and O–H groups in total. The maximum atomic E-state index is 6.85. The lowest BCUT2D eigenvalue weighted by atomic mass is 9.75. The highest BCUT2D eigenvalue weighted by molar-refractivity contribution is 5.15. The number of ether oxygens (including phenoxy) is 5. The van der Waals surface area contributed by atoms with E-state index in [1.54, 1.807) is 0 Å². The minimum Gasteiger partial charge on any atom is -0.374 e. The highest BCUT2D eigenvalue weighted by Crippen LogP contribution is 2.38. The summed E-state index contributed by atoms with van der Waals surface area (Å²) < 4.78 is 33.1. The van der Waals surface area contributed by atoms with Gasteiger partial charge in [0.25, 0.3) is 0 Å². The summed E-state index contributed by atoms with van der Waals surface area (Å²) in [6.45, 7) is 8.88. The fraction of sp³-hybridized carbons (Fsp3) is 0.514. The molecular weight excluding hydrogens is 524 g/mol. The molecule has 2 aliphatic rings. The van der Waals surface area contributed by atoms with Gasteiger partial charge in [0.15, 0.2) is 6.29 Å². The van der Waals surface area contributed by atoms with Gasteiger partial charge in [-0.1, -0.05) is 118 Å². The van der Waals surface area contributed by atoms with Crippen LogP contribution in [0.2, 0.25) is 0 Å². The van der Waals surface area contributed by atoms with E-state index in [1.165, 1.54) is 12.8 Å². The van der Waals surface area contributed by atoms with Gasteiger partial charge in [0, 0.05) is 6.42 Å². The lowest BCUT2D eigenvalue weighted by molar-refractivity contribution is -0.295. The van der Waals surface area contributed by atoms with Gasteiger partial charge in [0.05, 0.1) is 38.6 Å². The van der Waals surface area contributed by atoms with Crippen molar-refractivity contribution in [2.45, 2.75) is 97.0 Å². The fourth-order valence-electron chi connectivity index (χ4n) is 6.37. The summed E-state index contributed by atoms with van der Waals surface area (Å²) in [6, 6.07) is 30.9. The first-order chi connectivity index (χ1) is 20.5. The first kappa shape index (κ1) is 30.9. The van der Waals surface area contributed by atoms with Crippen molar-refractivity contribution in [2.24, 2.45) is 17.8 Å². The van der Waals surface area contributed by atoms with E-state index in [4.69, 9.17) is 23.7 Å². The molecule has 1 aliphatic heterocycles. The van der Waals surface area contributed by atoms with Crippen LogP contribution in [0.25, 0.3) is 0 Å². The van der Waals surface area contributed by atoms with Gasteiger partial charge in [-0.2, -0.15) is 0 Å². The largest absolute Gasteiger partial charge is 0.374 e. The van der Waals surface area contributed by atoms with Crippen molar-refractivity contribution in [3.8, 4) is 0 Å². The number of hydrogen-bond acceptors (Lipinski definition) is 5. The van der Waals surface area contributed by atoms with Crippen LogP contribution in [0.4, 0.5) is 0 Å². The van der Waals surface area contributed by atoms with Crippen molar-refractivity contribution in [1.82, 2.24) is 0 Å². The maximum Gasteiger partial charge on any atom is 0.161 e. The molecular formula is C37H48O5. The lowest BCUT2D eigenvalue weighted by Crippen LogP contribution is -2.54. The molecule has 2 fully saturated rings. The van der Waals surface area contributed by atoms with E-state index in [1.807, 2.05) is 42.5 Å². The van der Waals surface area contributed by atoms with Crippen molar-refractivity contribution in [1.29, 1.82) is 0 Å². The molecule has 1 saturated carbocycles. The van der Waals surface area contributed by atoms with Gasteiger partial charge in [0.1, 0.15) is 12.2 Å². The summed E-state index contributed by atoms with van der Waals surface area (Å²) in [4.78, 5) is 0. The Hall–Kier alpha value is -2.54. The lowest BCUT2D eigenvalue weighted by Gasteiger charge is -2.44. The Morgan fingerprint density at radius 2 is 1.26 bits per heavy atom. The summed E-state index contributed by atoms with van der Waals surface area (Å²) in [5.41, 5.74) is 3.40.